The number of fused-ring (bicyclic) bond motifs is 1. The second-order valence-electron chi connectivity index (χ2n) is 5.02. The summed E-state index contributed by atoms with van der Waals surface area (Å²) in [4.78, 5) is 9.10. The number of hydrogen-bond acceptors (Lipinski definition) is 3. The van der Waals surface area contributed by atoms with Crippen molar-refractivity contribution >= 4 is 22.8 Å². The van der Waals surface area contributed by atoms with E-state index in [1.165, 1.54) is 12.8 Å². The minimum Gasteiger partial charge on any atom is -0.326 e. The van der Waals surface area contributed by atoms with Gasteiger partial charge in [-0.15, -0.1) is 0 Å². The molecule has 3 rings (SSSR count). The van der Waals surface area contributed by atoms with Crippen molar-refractivity contribution in [1.82, 2.24) is 14.5 Å². The SMILES string of the molecule is CCC(N)Cn1c(C2CC2)nc2cc(Cl)cnc21. The highest BCUT2D eigenvalue weighted by molar-refractivity contribution is 6.31. The predicted octanol–water partition coefficient (Wildman–Crippen LogP) is 2.70. The van der Waals surface area contributed by atoms with E-state index in [0.717, 1.165) is 30.0 Å². The Balaban J connectivity index is 2.09. The molecular weight excluding hydrogens is 248 g/mol. The van der Waals surface area contributed by atoms with E-state index >= 15 is 0 Å². The Hall–Kier alpha value is -1.13. The first-order valence-corrected chi connectivity index (χ1v) is 6.84. The molecule has 2 aromatic rings. The number of hydrogen-bond donors (Lipinski definition) is 1. The third-order valence-electron chi connectivity index (χ3n) is 3.47. The van der Waals surface area contributed by atoms with E-state index in [-0.39, 0.29) is 6.04 Å². The summed E-state index contributed by atoms with van der Waals surface area (Å²) in [6.45, 7) is 2.89. The van der Waals surface area contributed by atoms with Crippen molar-refractivity contribution in [1.29, 1.82) is 0 Å². The Kier molecular flexibility index (Phi) is 2.99. The van der Waals surface area contributed by atoms with E-state index in [9.17, 15) is 0 Å². The zero-order valence-corrected chi connectivity index (χ0v) is 11.2. The summed E-state index contributed by atoms with van der Waals surface area (Å²) in [6.07, 6.45) is 5.07. The lowest BCUT2D eigenvalue weighted by molar-refractivity contribution is 0.531. The van der Waals surface area contributed by atoms with Crippen LogP contribution in [-0.4, -0.2) is 20.6 Å². The van der Waals surface area contributed by atoms with Crippen LogP contribution in [0.2, 0.25) is 5.02 Å². The minimum atomic E-state index is 0.150. The van der Waals surface area contributed by atoms with Gasteiger partial charge in [-0.1, -0.05) is 18.5 Å². The summed E-state index contributed by atoms with van der Waals surface area (Å²) in [5, 5.41) is 0.634. The summed E-state index contributed by atoms with van der Waals surface area (Å²) in [5.41, 5.74) is 7.86. The second kappa shape index (κ2) is 4.52. The lowest BCUT2D eigenvalue weighted by atomic mass is 10.2. The Morgan fingerprint density at radius 2 is 2.33 bits per heavy atom. The van der Waals surface area contributed by atoms with Gasteiger partial charge >= 0.3 is 0 Å². The van der Waals surface area contributed by atoms with Gasteiger partial charge in [-0.2, -0.15) is 0 Å². The molecule has 2 N–H and O–H groups in total. The van der Waals surface area contributed by atoms with Gasteiger partial charge in [-0.05, 0) is 25.3 Å². The average molecular weight is 265 g/mol. The molecule has 0 bridgehead atoms. The van der Waals surface area contributed by atoms with E-state index < -0.39 is 0 Å². The Bertz CT molecular complexity index is 574. The van der Waals surface area contributed by atoms with Crippen molar-refractivity contribution in [2.45, 2.75) is 44.7 Å². The van der Waals surface area contributed by atoms with Gasteiger partial charge in [0, 0.05) is 24.7 Å². The first kappa shape index (κ1) is 11.9. The minimum absolute atomic E-state index is 0.150. The van der Waals surface area contributed by atoms with Crippen LogP contribution >= 0.6 is 11.6 Å². The first-order chi connectivity index (χ1) is 8.69. The zero-order valence-electron chi connectivity index (χ0n) is 10.4. The number of aromatic nitrogens is 3. The third kappa shape index (κ3) is 2.10. The van der Waals surface area contributed by atoms with E-state index in [0.29, 0.717) is 10.9 Å². The molecule has 0 aromatic carbocycles. The van der Waals surface area contributed by atoms with Gasteiger partial charge < -0.3 is 10.3 Å². The van der Waals surface area contributed by atoms with Crippen LogP contribution in [0.15, 0.2) is 12.3 Å². The fourth-order valence-corrected chi connectivity index (χ4v) is 2.35. The van der Waals surface area contributed by atoms with Gasteiger partial charge in [0.15, 0.2) is 5.65 Å². The van der Waals surface area contributed by atoms with Crippen molar-refractivity contribution in [2.75, 3.05) is 0 Å². The number of nitrogens with zero attached hydrogens (tertiary/aromatic N) is 3. The van der Waals surface area contributed by atoms with Crippen LogP contribution in [-0.2, 0) is 6.54 Å². The molecule has 2 heterocycles. The van der Waals surface area contributed by atoms with Crippen molar-refractivity contribution in [3.63, 3.8) is 0 Å². The topological polar surface area (TPSA) is 56.7 Å². The highest BCUT2D eigenvalue weighted by Gasteiger charge is 2.30. The molecule has 1 unspecified atom stereocenters. The number of imidazole rings is 1. The van der Waals surface area contributed by atoms with Crippen LogP contribution in [0.25, 0.3) is 11.2 Å². The van der Waals surface area contributed by atoms with Crippen molar-refractivity contribution in [3.05, 3.63) is 23.1 Å². The molecule has 0 spiro atoms. The quantitative estimate of drug-likeness (QED) is 0.924. The van der Waals surface area contributed by atoms with Crippen LogP contribution < -0.4 is 5.73 Å². The molecular formula is C13H17ClN4. The van der Waals surface area contributed by atoms with Crippen LogP contribution in [0.4, 0.5) is 0 Å². The third-order valence-corrected chi connectivity index (χ3v) is 3.67. The second-order valence-corrected chi connectivity index (χ2v) is 5.46. The molecule has 0 amide bonds. The van der Waals surface area contributed by atoms with Crippen molar-refractivity contribution < 1.29 is 0 Å². The maximum Gasteiger partial charge on any atom is 0.160 e. The molecule has 96 valence electrons. The Morgan fingerprint density at radius 3 is 3.00 bits per heavy atom. The smallest absolute Gasteiger partial charge is 0.160 e. The molecule has 2 aromatic heterocycles. The highest BCUT2D eigenvalue weighted by Crippen LogP contribution is 2.40. The molecule has 1 fully saturated rings. The maximum atomic E-state index is 6.07. The lowest BCUT2D eigenvalue weighted by Gasteiger charge is -2.12. The van der Waals surface area contributed by atoms with Gasteiger partial charge in [0.25, 0.3) is 0 Å². The van der Waals surface area contributed by atoms with Gasteiger partial charge in [0.2, 0.25) is 0 Å². The molecule has 0 radical (unpaired) electrons. The molecule has 5 heteroatoms. The molecule has 1 saturated carbocycles. The number of rotatable bonds is 4. The van der Waals surface area contributed by atoms with Gasteiger partial charge in [0.1, 0.15) is 11.3 Å². The van der Waals surface area contributed by atoms with Crippen molar-refractivity contribution in [2.24, 2.45) is 5.73 Å². The van der Waals surface area contributed by atoms with E-state index in [2.05, 4.69) is 21.5 Å². The van der Waals surface area contributed by atoms with Gasteiger partial charge in [0.05, 0.1) is 5.02 Å². The summed E-state index contributed by atoms with van der Waals surface area (Å²) in [7, 11) is 0. The molecule has 1 aliphatic rings. The lowest BCUT2D eigenvalue weighted by Crippen LogP contribution is -2.26. The summed E-state index contributed by atoms with van der Waals surface area (Å²) >= 11 is 5.97. The van der Waals surface area contributed by atoms with E-state index in [1.54, 1.807) is 6.20 Å². The van der Waals surface area contributed by atoms with Crippen molar-refractivity contribution in [3.8, 4) is 0 Å². The molecule has 1 aliphatic carbocycles. The predicted molar refractivity (Wildman–Crippen MR) is 72.8 cm³/mol. The first-order valence-electron chi connectivity index (χ1n) is 6.46. The van der Waals surface area contributed by atoms with E-state index in [4.69, 9.17) is 17.3 Å². The molecule has 4 nitrogen and oxygen atoms in total. The largest absolute Gasteiger partial charge is 0.326 e. The van der Waals surface area contributed by atoms with Crippen LogP contribution in [0.1, 0.15) is 37.9 Å². The molecule has 18 heavy (non-hydrogen) atoms. The maximum absolute atomic E-state index is 6.07. The molecule has 0 saturated heterocycles. The Morgan fingerprint density at radius 1 is 1.56 bits per heavy atom. The zero-order chi connectivity index (χ0) is 12.7. The molecule has 0 aliphatic heterocycles. The number of halogens is 1. The van der Waals surface area contributed by atoms with E-state index in [1.807, 2.05) is 6.07 Å². The number of nitrogens with two attached hydrogens (primary N) is 1. The van der Waals surface area contributed by atoms with Crippen LogP contribution in [0.5, 0.6) is 0 Å². The summed E-state index contributed by atoms with van der Waals surface area (Å²) < 4.78 is 2.18. The monoisotopic (exact) mass is 264 g/mol. The standard InChI is InChI=1S/C13H17ClN4/c1-2-10(15)7-18-12(8-3-4-8)17-11-5-9(14)6-16-13(11)18/h5-6,8,10H,2-4,7,15H2,1H3. The normalized spacial score (nSPS) is 17.3. The highest BCUT2D eigenvalue weighted by atomic mass is 35.5. The Labute approximate surface area is 111 Å². The fraction of sp³-hybridized carbons (Fsp3) is 0.538. The van der Waals surface area contributed by atoms with Gasteiger partial charge in [-0.3, -0.25) is 0 Å². The summed E-state index contributed by atoms with van der Waals surface area (Å²) in [5.74, 6) is 1.71. The summed E-state index contributed by atoms with van der Waals surface area (Å²) in [6, 6.07) is 2.03. The molecule has 1 atom stereocenters. The van der Waals surface area contributed by atoms with Crippen LogP contribution in [0, 0.1) is 0 Å². The van der Waals surface area contributed by atoms with Gasteiger partial charge in [-0.25, -0.2) is 9.97 Å². The fourth-order valence-electron chi connectivity index (χ4n) is 2.20. The number of pyridine rings is 1. The van der Waals surface area contributed by atoms with Crippen LogP contribution in [0.3, 0.4) is 0 Å². The average Bonchev–Trinajstić information content (AvgIpc) is 3.14.